The van der Waals surface area contributed by atoms with Gasteiger partial charge in [0.1, 0.15) is 0 Å². The Morgan fingerprint density at radius 3 is 2.54 bits per heavy atom. The maximum Gasteiger partial charge on any atom is 0.243 e. The van der Waals surface area contributed by atoms with Gasteiger partial charge in [0.15, 0.2) is 0 Å². The number of carbonyl (C=O) groups excluding carboxylic acids is 1. The van der Waals surface area contributed by atoms with Crippen molar-refractivity contribution in [1.29, 1.82) is 0 Å². The van der Waals surface area contributed by atoms with Crippen molar-refractivity contribution in [3.8, 4) is 0 Å². The van der Waals surface area contributed by atoms with Crippen molar-refractivity contribution in [1.82, 2.24) is 10.6 Å². The van der Waals surface area contributed by atoms with Crippen molar-refractivity contribution in [2.45, 2.75) is 20.3 Å². The van der Waals surface area contributed by atoms with Crippen LogP contribution in [-0.4, -0.2) is 25.5 Å². The van der Waals surface area contributed by atoms with Gasteiger partial charge in [-0.25, -0.2) is 0 Å². The molecule has 0 radical (unpaired) electrons. The largest absolute Gasteiger partial charge is 0.351 e. The number of allylic oxidation sites excluding steroid dienone is 1. The highest BCUT2D eigenvalue weighted by Crippen LogP contribution is 1.78. The molecule has 0 aliphatic rings. The highest BCUT2D eigenvalue weighted by molar-refractivity contribution is 5.87. The number of hydrogen-bond acceptors (Lipinski definition) is 2. The van der Waals surface area contributed by atoms with Gasteiger partial charge in [0, 0.05) is 13.1 Å². The van der Waals surface area contributed by atoms with Crippen LogP contribution in [0.4, 0.5) is 0 Å². The van der Waals surface area contributed by atoms with Crippen molar-refractivity contribution in [3.05, 3.63) is 12.2 Å². The summed E-state index contributed by atoms with van der Waals surface area (Å²) in [6.45, 7) is 6.52. The van der Waals surface area contributed by atoms with E-state index in [1.165, 1.54) is 0 Å². The Kier molecular flexibility index (Phi) is 13.2. The third-order valence-electron chi connectivity index (χ3n) is 1.36. The standard InChI is InChI=1S/C9H18N2O.ClH/c1-3-5-6-9(12)11-8-7-10-4-2;/h5-6,10H,3-4,7-8H2,1-2H3,(H,11,12);1H. The van der Waals surface area contributed by atoms with Crippen molar-refractivity contribution in [2.75, 3.05) is 19.6 Å². The molecule has 3 nitrogen and oxygen atoms in total. The van der Waals surface area contributed by atoms with E-state index in [1.807, 2.05) is 19.9 Å². The topological polar surface area (TPSA) is 41.1 Å². The fourth-order valence-electron chi connectivity index (χ4n) is 0.735. The molecule has 4 heteroatoms. The highest BCUT2D eigenvalue weighted by atomic mass is 35.5. The zero-order valence-electron chi connectivity index (χ0n) is 8.30. The lowest BCUT2D eigenvalue weighted by molar-refractivity contribution is -0.116. The van der Waals surface area contributed by atoms with Gasteiger partial charge in [0.2, 0.25) is 5.91 Å². The molecule has 0 aromatic rings. The second kappa shape index (κ2) is 11.5. The van der Waals surface area contributed by atoms with E-state index in [1.54, 1.807) is 6.08 Å². The molecule has 1 amide bonds. The van der Waals surface area contributed by atoms with E-state index >= 15 is 0 Å². The Morgan fingerprint density at radius 1 is 1.31 bits per heavy atom. The van der Waals surface area contributed by atoms with Crippen LogP contribution in [0.1, 0.15) is 20.3 Å². The second-order valence-corrected chi connectivity index (χ2v) is 2.46. The first kappa shape index (κ1) is 15.0. The van der Waals surface area contributed by atoms with E-state index in [2.05, 4.69) is 10.6 Å². The maximum absolute atomic E-state index is 10.9. The predicted octanol–water partition coefficient (Wildman–Crippen LogP) is 1.10. The van der Waals surface area contributed by atoms with Crippen LogP contribution in [0.15, 0.2) is 12.2 Å². The molecule has 0 heterocycles. The Hall–Kier alpha value is -0.540. The van der Waals surface area contributed by atoms with Crippen molar-refractivity contribution >= 4 is 18.3 Å². The van der Waals surface area contributed by atoms with Gasteiger partial charge >= 0.3 is 0 Å². The monoisotopic (exact) mass is 206 g/mol. The molecule has 0 fully saturated rings. The van der Waals surface area contributed by atoms with Gasteiger partial charge < -0.3 is 10.6 Å². The van der Waals surface area contributed by atoms with Crippen LogP contribution in [-0.2, 0) is 4.79 Å². The first-order valence-corrected chi connectivity index (χ1v) is 4.46. The minimum absolute atomic E-state index is 0. The zero-order chi connectivity index (χ0) is 9.23. The molecule has 0 rings (SSSR count). The fraction of sp³-hybridized carbons (Fsp3) is 0.667. The lowest BCUT2D eigenvalue weighted by Gasteiger charge is -2.01. The molecule has 0 unspecified atom stereocenters. The Morgan fingerprint density at radius 2 is 2.00 bits per heavy atom. The summed E-state index contributed by atoms with van der Waals surface area (Å²) in [5.41, 5.74) is 0. The van der Waals surface area contributed by atoms with Crippen molar-refractivity contribution in [3.63, 3.8) is 0 Å². The quantitative estimate of drug-likeness (QED) is 0.505. The zero-order valence-corrected chi connectivity index (χ0v) is 9.12. The van der Waals surface area contributed by atoms with Crippen LogP contribution < -0.4 is 10.6 Å². The summed E-state index contributed by atoms with van der Waals surface area (Å²) in [5, 5.41) is 5.88. The van der Waals surface area contributed by atoms with Gasteiger partial charge in [-0.2, -0.15) is 0 Å². The van der Waals surface area contributed by atoms with Gasteiger partial charge in [0.25, 0.3) is 0 Å². The van der Waals surface area contributed by atoms with Crippen LogP contribution in [0.3, 0.4) is 0 Å². The van der Waals surface area contributed by atoms with E-state index in [4.69, 9.17) is 0 Å². The van der Waals surface area contributed by atoms with E-state index in [0.29, 0.717) is 6.54 Å². The minimum Gasteiger partial charge on any atom is -0.351 e. The summed E-state index contributed by atoms with van der Waals surface area (Å²) in [6.07, 6.45) is 4.33. The second-order valence-electron chi connectivity index (χ2n) is 2.46. The van der Waals surface area contributed by atoms with Crippen LogP contribution in [0, 0.1) is 0 Å². The van der Waals surface area contributed by atoms with E-state index in [-0.39, 0.29) is 18.3 Å². The Bertz CT molecular complexity index is 149. The number of nitrogens with one attached hydrogen (secondary N) is 2. The van der Waals surface area contributed by atoms with Crippen molar-refractivity contribution < 1.29 is 4.79 Å². The average molecular weight is 207 g/mol. The lowest BCUT2D eigenvalue weighted by atomic mass is 10.4. The SMILES string of the molecule is CCC=CC(=O)NCCNCC.Cl. The summed E-state index contributed by atoms with van der Waals surface area (Å²) in [7, 11) is 0. The molecular formula is C9H19ClN2O. The number of hydrogen-bond donors (Lipinski definition) is 2. The summed E-state index contributed by atoms with van der Waals surface area (Å²) in [5.74, 6) is -0.00486. The summed E-state index contributed by atoms with van der Waals surface area (Å²) < 4.78 is 0. The fourth-order valence-corrected chi connectivity index (χ4v) is 0.735. The minimum atomic E-state index is -0.00486. The number of halogens is 1. The van der Waals surface area contributed by atoms with Gasteiger partial charge in [-0.05, 0) is 19.0 Å². The van der Waals surface area contributed by atoms with E-state index in [9.17, 15) is 4.79 Å². The summed E-state index contributed by atoms with van der Waals surface area (Å²) >= 11 is 0. The van der Waals surface area contributed by atoms with Gasteiger partial charge in [-0.1, -0.05) is 19.9 Å². The Labute approximate surface area is 86.4 Å². The molecule has 78 valence electrons. The number of rotatable bonds is 6. The predicted molar refractivity (Wildman–Crippen MR) is 58.2 cm³/mol. The molecule has 0 saturated heterocycles. The maximum atomic E-state index is 10.9. The molecule has 0 saturated carbocycles. The first-order chi connectivity index (χ1) is 5.81. The van der Waals surface area contributed by atoms with Crippen LogP contribution in [0.2, 0.25) is 0 Å². The molecule has 0 spiro atoms. The smallest absolute Gasteiger partial charge is 0.243 e. The van der Waals surface area contributed by atoms with Gasteiger partial charge in [0.05, 0.1) is 0 Å². The van der Waals surface area contributed by atoms with Crippen LogP contribution in [0.25, 0.3) is 0 Å². The molecule has 0 aliphatic carbocycles. The third-order valence-corrected chi connectivity index (χ3v) is 1.36. The van der Waals surface area contributed by atoms with Crippen molar-refractivity contribution in [2.24, 2.45) is 0 Å². The molecule has 2 N–H and O–H groups in total. The molecular weight excluding hydrogens is 188 g/mol. The molecule has 0 aromatic heterocycles. The first-order valence-electron chi connectivity index (χ1n) is 4.46. The summed E-state index contributed by atoms with van der Waals surface area (Å²) in [6, 6.07) is 0. The number of likely N-dealkylation sites (N-methyl/N-ethyl adjacent to an activating group) is 1. The normalized spacial score (nSPS) is 9.69. The van der Waals surface area contributed by atoms with E-state index < -0.39 is 0 Å². The molecule has 0 aliphatic heterocycles. The number of amides is 1. The molecule has 0 atom stereocenters. The lowest BCUT2D eigenvalue weighted by Crippen LogP contribution is -2.30. The molecule has 13 heavy (non-hydrogen) atoms. The highest BCUT2D eigenvalue weighted by Gasteiger charge is 1.91. The van der Waals surface area contributed by atoms with Gasteiger partial charge in [-0.15, -0.1) is 12.4 Å². The number of carbonyl (C=O) groups is 1. The molecule has 0 aromatic carbocycles. The Balaban J connectivity index is 0. The average Bonchev–Trinajstić information content (AvgIpc) is 2.09. The molecule has 0 bridgehead atoms. The van der Waals surface area contributed by atoms with E-state index in [0.717, 1.165) is 19.5 Å². The summed E-state index contributed by atoms with van der Waals surface area (Å²) in [4.78, 5) is 10.9. The van der Waals surface area contributed by atoms with Crippen LogP contribution >= 0.6 is 12.4 Å². The van der Waals surface area contributed by atoms with Gasteiger partial charge in [-0.3, -0.25) is 4.79 Å². The third kappa shape index (κ3) is 11.5. The van der Waals surface area contributed by atoms with Crippen LogP contribution in [0.5, 0.6) is 0 Å².